The lowest BCUT2D eigenvalue weighted by molar-refractivity contribution is 0.0585. The molecule has 0 amide bonds. The second kappa shape index (κ2) is 5.81. The van der Waals surface area contributed by atoms with Crippen LogP contribution in [0.1, 0.15) is 26.5 Å². The summed E-state index contributed by atoms with van der Waals surface area (Å²) < 4.78 is 0. The molecule has 0 atom stereocenters. The summed E-state index contributed by atoms with van der Waals surface area (Å²) >= 11 is 0. The van der Waals surface area contributed by atoms with Gasteiger partial charge in [0.15, 0.2) is 5.82 Å². The maximum atomic E-state index is 5.27. The highest BCUT2D eigenvalue weighted by Crippen LogP contribution is 2.16. The third kappa shape index (κ3) is 3.86. The first-order chi connectivity index (χ1) is 8.99. The lowest BCUT2D eigenvalue weighted by atomic mass is 10.0. The van der Waals surface area contributed by atoms with Gasteiger partial charge in [-0.05, 0) is 20.8 Å². The van der Waals surface area contributed by atoms with Crippen LogP contribution in [-0.2, 0) is 6.54 Å². The molecule has 3 N–H and O–H groups in total. The summed E-state index contributed by atoms with van der Waals surface area (Å²) in [7, 11) is 0. The maximum absolute atomic E-state index is 5.27. The fraction of sp³-hybridized carbons (Fsp3) is 0.692. The van der Waals surface area contributed by atoms with Gasteiger partial charge in [0, 0.05) is 38.3 Å². The Morgan fingerprint density at radius 1 is 1.16 bits per heavy atom. The highest BCUT2D eigenvalue weighted by Gasteiger charge is 2.25. The zero-order valence-electron chi connectivity index (χ0n) is 12.1. The minimum absolute atomic E-state index is 0.264. The van der Waals surface area contributed by atoms with Crippen LogP contribution < -0.4 is 11.3 Å². The molecule has 6 heteroatoms. The van der Waals surface area contributed by atoms with Crippen molar-refractivity contribution in [1.29, 1.82) is 0 Å². The molecule has 1 aliphatic rings. The first-order valence-corrected chi connectivity index (χ1v) is 6.74. The van der Waals surface area contributed by atoms with E-state index in [1.165, 1.54) is 0 Å². The largest absolute Gasteiger partial charge is 0.307 e. The van der Waals surface area contributed by atoms with Crippen LogP contribution >= 0.6 is 0 Å². The molecule has 0 saturated carbocycles. The monoisotopic (exact) mass is 264 g/mol. The summed E-state index contributed by atoms with van der Waals surface area (Å²) in [5.41, 5.74) is 3.74. The van der Waals surface area contributed by atoms with Crippen molar-refractivity contribution in [2.75, 3.05) is 31.6 Å². The zero-order valence-corrected chi connectivity index (χ0v) is 12.1. The van der Waals surface area contributed by atoms with Gasteiger partial charge in [-0.3, -0.25) is 14.8 Å². The van der Waals surface area contributed by atoms with Gasteiger partial charge in [0.1, 0.15) is 0 Å². The maximum Gasteiger partial charge on any atom is 0.158 e. The summed E-state index contributed by atoms with van der Waals surface area (Å²) in [5, 5.41) is 0. The molecule has 6 nitrogen and oxygen atoms in total. The number of nitrogens with one attached hydrogen (secondary N) is 1. The molecular weight excluding hydrogens is 240 g/mol. The van der Waals surface area contributed by atoms with Crippen molar-refractivity contribution in [2.24, 2.45) is 5.84 Å². The molecule has 0 unspecified atom stereocenters. The number of hydrazine groups is 1. The van der Waals surface area contributed by atoms with Gasteiger partial charge < -0.3 is 5.43 Å². The molecule has 0 spiro atoms. The van der Waals surface area contributed by atoms with Gasteiger partial charge in [0.05, 0.1) is 18.1 Å². The molecule has 2 rings (SSSR count). The number of nitrogens with two attached hydrogens (primary N) is 1. The van der Waals surface area contributed by atoms with E-state index in [1.807, 2.05) is 0 Å². The van der Waals surface area contributed by atoms with Crippen molar-refractivity contribution in [3.63, 3.8) is 0 Å². The number of piperazine rings is 1. The van der Waals surface area contributed by atoms with Gasteiger partial charge in [-0.15, -0.1) is 0 Å². The Balaban J connectivity index is 1.85. The molecular formula is C13H24N6. The van der Waals surface area contributed by atoms with Gasteiger partial charge in [0.25, 0.3) is 0 Å². The predicted molar refractivity (Wildman–Crippen MR) is 76.4 cm³/mol. The van der Waals surface area contributed by atoms with Gasteiger partial charge in [0.2, 0.25) is 0 Å². The van der Waals surface area contributed by atoms with E-state index in [9.17, 15) is 0 Å². The standard InChI is InChI=1S/C13H24N6/c1-13(2,3)19-6-4-18(5-7-19)10-11-8-16-12(17-14)9-15-11/h8-9H,4-7,10,14H2,1-3H3,(H,16,17). The van der Waals surface area contributed by atoms with Crippen LogP contribution in [0.2, 0.25) is 0 Å². The summed E-state index contributed by atoms with van der Waals surface area (Å²) in [6.45, 7) is 12.0. The normalized spacial score (nSPS) is 18.5. The van der Waals surface area contributed by atoms with Gasteiger partial charge in [-0.1, -0.05) is 0 Å². The highest BCUT2D eigenvalue weighted by atomic mass is 15.3. The first kappa shape index (κ1) is 14.2. The second-order valence-corrected chi connectivity index (χ2v) is 5.97. The van der Waals surface area contributed by atoms with Crippen molar-refractivity contribution < 1.29 is 0 Å². The van der Waals surface area contributed by atoms with Crippen LogP contribution in [0.5, 0.6) is 0 Å². The number of anilines is 1. The average Bonchev–Trinajstić information content (AvgIpc) is 2.39. The Hall–Kier alpha value is -1.24. The summed E-state index contributed by atoms with van der Waals surface area (Å²) in [6.07, 6.45) is 3.45. The lowest BCUT2D eigenvalue weighted by Gasteiger charge is -2.42. The quantitative estimate of drug-likeness (QED) is 0.618. The second-order valence-electron chi connectivity index (χ2n) is 5.97. The average molecular weight is 264 g/mol. The van der Waals surface area contributed by atoms with Gasteiger partial charge in [-0.2, -0.15) is 0 Å². The minimum atomic E-state index is 0.264. The van der Waals surface area contributed by atoms with E-state index in [0.717, 1.165) is 38.4 Å². The minimum Gasteiger partial charge on any atom is -0.307 e. The predicted octanol–water partition coefficient (Wildman–Crippen LogP) is 0.678. The van der Waals surface area contributed by atoms with Crippen molar-refractivity contribution in [2.45, 2.75) is 32.9 Å². The molecule has 0 aromatic carbocycles. The Morgan fingerprint density at radius 2 is 1.84 bits per heavy atom. The molecule has 1 aromatic heterocycles. The molecule has 1 aromatic rings. The number of hydrogen-bond acceptors (Lipinski definition) is 6. The molecule has 2 heterocycles. The third-order valence-corrected chi connectivity index (χ3v) is 3.56. The van der Waals surface area contributed by atoms with Crippen LogP contribution in [0.15, 0.2) is 12.4 Å². The summed E-state index contributed by atoms with van der Waals surface area (Å²) in [5.74, 6) is 5.87. The number of aromatic nitrogens is 2. The number of hydrogen-bond donors (Lipinski definition) is 2. The van der Waals surface area contributed by atoms with E-state index >= 15 is 0 Å². The molecule has 1 aliphatic heterocycles. The summed E-state index contributed by atoms with van der Waals surface area (Å²) in [4.78, 5) is 13.5. The number of nitrogen functional groups attached to an aromatic ring is 1. The van der Waals surface area contributed by atoms with E-state index < -0.39 is 0 Å². The Kier molecular flexibility index (Phi) is 4.34. The molecule has 1 saturated heterocycles. The Bertz CT molecular complexity index is 389. The fourth-order valence-electron chi connectivity index (χ4n) is 2.32. The SMILES string of the molecule is CC(C)(C)N1CCN(Cc2cnc(NN)cn2)CC1. The van der Waals surface area contributed by atoms with E-state index in [4.69, 9.17) is 5.84 Å². The van der Waals surface area contributed by atoms with Crippen molar-refractivity contribution >= 4 is 5.82 Å². The topological polar surface area (TPSA) is 70.3 Å². The lowest BCUT2D eigenvalue weighted by Crippen LogP contribution is -2.53. The zero-order chi connectivity index (χ0) is 13.9. The first-order valence-electron chi connectivity index (χ1n) is 6.74. The summed E-state index contributed by atoms with van der Waals surface area (Å²) in [6, 6.07) is 0. The van der Waals surface area contributed by atoms with Crippen molar-refractivity contribution in [3.8, 4) is 0 Å². The van der Waals surface area contributed by atoms with E-state index in [-0.39, 0.29) is 5.54 Å². The van der Waals surface area contributed by atoms with Crippen LogP contribution in [-0.4, -0.2) is 51.5 Å². The molecule has 0 radical (unpaired) electrons. The molecule has 106 valence electrons. The van der Waals surface area contributed by atoms with Gasteiger partial charge in [-0.25, -0.2) is 10.8 Å². The molecule has 1 fully saturated rings. The van der Waals surface area contributed by atoms with Crippen molar-refractivity contribution in [1.82, 2.24) is 19.8 Å². The molecule has 19 heavy (non-hydrogen) atoms. The highest BCUT2D eigenvalue weighted by molar-refractivity contribution is 5.28. The van der Waals surface area contributed by atoms with Gasteiger partial charge >= 0.3 is 0 Å². The Morgan fingerprint density at radius 3 is 2.32 bits per heavy atom. The molecule has 0 aliphatic carbocycles. The van der Waals surface area contributed by atoms with Crippen LogP contribution in [0, 0.1) is 0 Å². The van der Waals surface area contributed by atoms with Crippen LogP contribution in [0.3, 0.4) is 0 Å². The number of rotatable bonds is 3. The molecule has 0 bridgehead atoms. The van der Waals surface area contributed by atoms with E-state index in [1.54, 1.807) is 12.4 Å². The van der Waals surface area contributed by atoms with E-state index in [0.29, 0.717) is 5.82 Å². The van der Waals surface area contributed by atoms with Crippen molar-refractivity contribution in [3.05, 3.63) is 18.1 Å². The number of nitrogens with zero attached hydrogens (tertiary/aromatic N) is 4. The fourth-order valence-corrected chi connectivity index (χ4v) is 2.32. The van der Waals surface area contributed by atoms with Crippen LogP contribution in [0.4, 0.5) is 5.82 Å². The van der Waals surface area contributed by atoms with Crippen LogP contribution in [0.25, 0.3) is 0 Å². The Labute approximate surface area is 115 Å². The van der Waals surface area contributed by atoms with E-state index in [2.05, 4.69) is 46.0 Å². The smallest absolute Gasteiger partial charge is 0.158 e. The third-order valence-electron chi connectivity index (χ3n) is 3.56.